The zero-order valence-corrected chi connectivity index (χ0v) is 34.3. The molecule has 2 aromatic rings. The van der Waals surface area contributed by atoms with Crippen molar-refractivity contribution in [1.29, 1.82) is 5.41 Å². The van der Waals surface area contributed by atoms with Crippen LogP contribution in [0.5, 0.6) is 5.75 Å². The van der Waals surface area contributed by atoms with Crippen LogP contribution in [0.2, 0.25) is 0 Å². The number of amidine groups is 1. The Morgan fingerprint density at radius 3 is 1.75 bits per heavy atom. The Balaban J connectivity index is 1.77. The molecule has 0 unspecified atom stereocenters. The fourth-order valence-electron chi connectivity index (χ4n) is 4.91. The zero-order chi connectivity index (χ0) is 41.2. The van der Waals surface area contributed by atoms with E-state index in [4.69, 9.17) is 24.4 Å². The van der Waals surface area contributed by atoms with Gasteiger partial charge in [-0.2, -0.15) is 4.99 Å². The highest BCUT2D eigenvalue weighted by molar-refractivity contribution is 6.04. The second-order valence-corrected chi connectivity index (χ2v) is 16.0. The molecular weight excluding hydrogens is 708 g/mol. The fraction of sp³-hybridized carbons (Fsp3) is 0.615. The second-order valence-electron chi connectivity index (χ2n) is 16.0. The monoisotopic (exact) mass is 770 g/mol. The molecule has 0 radical (unpaired) electrons. The third-order valence-electron chi connectivity index (χ3n) is 7.11. The van der Waals surface area contributed by atoms with Crippen LogP contribution in [0, 0.1) is 5.41 Å². The first kappa shape index (κ1) is 46.0. The van der Waals surface area contributed by atoms with Gasteiger partial charge in [-0.1, -0.05) is 25.7 Å². The summed E-state index contributed by atoms with van der Waals surface area (Å²) in [5.74, 6) is 0.272. The third-order valence-corrected chi connectivity index (χ3v) is 7.11. The van der Waals surface area contributed by atoms with Gasteiger partial charge in [-0.3, -0.25) is 20.8 Å². The molecule has 0 aliphatic rings. The van der Waals surface area contributed by atoms with Crippen molar-refractivity contribution in [3.63, 3.8) is 0 Å². The van der Waals surface area contributed by atoms with Crippen LogP contribution in [0.4, 0.5) is 14.4 Å². The molecule has 306 valence electrons. The lowest BCUT2D eigenvalue weighted by atomic mass is 10.1. The van der Waals surface area contributed by atoms with Crippen LogP contribution >= 0.6 is 0 Å². The molecular formula is C39H62N8O8. The smallest absolute Gasteiger partial charge is 0.437 e. The largest absolute Gasteiger partial charge is 0.494 e. The lowest BCUT2D eigenvalue weighted by molar-refractivity contribution is -0.116. The minimum atomic E-state index is -0.817. The average molecular weight is 771 g/mol. The van der Waals surface area contributed by atoms with Crippen molar-refractivity contribution in [2.24, 2.45) is 9.98 Å². The molecule has 0 aliphatic carbocycles. The van der Waals surface area contributed by atoms with Gasteiger partial charge in [0.1, 0.15) is 28.4 Å². The number of nitrogens with zero attached hydrogens (tertiary/aromatic N) is 4. The third kappa shape index (κ3) is 20.8. The van der Waals surface area contributed by atoms with Gasteiger partial charge in [0.05, 0.1) is 6.61 Å². The number of hydrogen-bond donors (Lipinski definition) is 4. The molecule has 16 nitrogen and oxygen atoms in total. The predicted octanol–water partition coefficient (Wildman–Crippen LogP) is 6.80. The number of imidazole rings is 1. The Morgan fingerprint density at radius 2 is 1.20 bits per heavy atom. The molecule has 0 spiro atoms. The summed E-state index contributed by atoms with van der Waals surface area (Å²) in [5, 5.41) is 16.1. The van der Waals surface area contributed by atoms with Crippen molar-refractivity contribution in [3.05, 3.63) is 47.8 Å². The van der Waals surface area contributed by atoms with E-state index in [0.29, 0.717) is 43.0 Å². The summed E-state index contributed by atoms with van der Waals surface area (Å²) in [6, 6.07) is 6.87. The zero-order valence-electron chi connectivity index (χ0n) is 34.3. The second kappa shape index (κ2) is 21.7. The number of ether oxygens (including phenoxy) is 4. The predicted molar refractivity (Wildman–Crippen MR) is 210 cm³/mol. The average Bonchev–Trinajstić information content (AvgIpc) is 3.39. The standard InChI is InChI=1S/C39H62N8O8/c1-28(48)42-33-46(25-26-47(33)24-17-27-52-30-20-18-29(19-21-30)31(40)43-34(49)53-37(2,3)4)23-16-14-12-11-13-15-22-41-32(44-35(50)54-38(5,6)7)45-36(51)55-39(8,9)10/h18-21,25-26H,11-17,22-24,27H2,1-10H3,(H2,40,43,49)(H2,41,44,45,50,51)/b42-33+. The topological polar surface area (TPSA) is 200 Å². The molecule has 1 heterocycles. The molecule has 0 atom stereocenters. The molecule has 4 N–H and O–H groups in total. The van der Waals surface area contributed by atoms with Crippen LogP contribution in [0.3, 0.4) is 0 Å². The molecule has 0 aliphatic heterocycles. The van der Waals surface area contributed by atoms with Crippen LogP contribution in [-0.2, 0) is 32.1 Å². The molecule has 0 saturated carbocycles. The molecule has 55 heavy (non-hydrogen) atoms. The number of amides is 4. The van der Waals surface area contributed by atoms with Crippen molar-refractivity contribution in [1.82, 2.24) is 25.1 Å². The van der Waals surface area contributed by atoms with Gasteiger partial charge in [0.25, 0.3) is 0 Å². The Morgan fingerprint density at radius 1 is 0.691 bits per heavy atom. The van der Waals surface area contributed by atoms with E-state index >= 15 is 0 Å². The van der Waals surface area contributed by atoms with Crippen LogP contribution in [0.15, 0.2) is 46.6 Å². The van der Waals surface area contributed by atoms with Crippen molar-refractivity contribution in [2.45, 2.75) is 144 Å². The van der Waals surface area contributed by atoms with Crippen molar-refractivity contribution < 1.29 is 38.1 Å². The van der Waals surface area contributed by atoms with Crippen molar-refractivity contribution >= 4 is 36.0 Å². The number of guanidine groups is 1. The van der Waals surface area contributed by atoms with Crippen LogP contribution in [0.1, 0.15) is 120 Å². The summed E-state index contributed by atoms with van der Waals surface area (Å²) >= 11 is 0. The van der Waals surface area contributed by atoms with E-state index in [1.165, 1.54) is 6.92 Å². The Labute approximate surface area is 325 Å². The van der Waals surface area contributed by atoms with Gasteiger partial charge in [0, 0.05) is 44.5 Å². The van der Waals surface area contributed by atoms with E-state index in [1.807, 2.05) is 21.5 Å². The lowest BCUT2D eigenvalue weighted by Crippen LogP contribution is -2.44. The van der Waals surface area contributed by atoms with E-state index in [-0.39, 0.29) is 17.7 Å². The summed E-state index contributed by atoms with van der Waals surface area (Å²) in [6.07, 6.45) is 8.00. The molecule has 0 bridgehead atoms. The highest BCUT2D eigenvalue weighted by Crippen LogP contribution is 2.14. The van der Waals surface area contributed by atoms with Gasteiger partial charge >= 0.3 is 18.3 Å². The molecule has 2 rings (SSSR count). The van der Waals surface area contributed by atoms with Gasteiger partial charge in [-0.25, -0.2) is 14.4 Å². The van der Waals surface area contributed by atoms with Gasteiger partial charge in [0.2, 0.25) is 17.5 Å². The summed E-state index contributed by atoms with van der Waals surface area (Å²) in [5.41, 5.74) is -0.972. The van der Waals surface area contributed by atoms with Gasteiger partial charge in [-0.05, 0) is 106 Å². The number of hydrogen-bond acceptors (Lipinski definition) is 9. The molecule has 1 aromatic carbocycles. The highest BCUT2D eigenvalue weighted by Gasteiger charge is 2.21. The Hall–Kier alpha value is -5.15. The number of nitrogens with one attached hydrogen (secondary N) is 4. The van der Waals surface area contributed by atoms with Crippen LogP contribution in [0.25, 0.3) is 0 Å². The molecule has 1 aromatic heterocycles. The van der Waals surface area contributed by atoms with E-state index in [2.05, 4.69) is 25.9 Å². The number of rotatable bonds is 15. The number of benzene rings is 1. The normalized spacial score (nSPS) is 12.5. The van der Waals surface area contributed by atoms with Crippen molar-refractivity contribution in [2.75, 3.05) is 13.2 Å². The fourth-order valence-corrected chi connectivity index (χ4v) is 4.91. The minimum absolute atomic E-state index is 0.0212. The minimum Gasteiger partial charge on any atom is -0.494 e. The number of carbonyl (C=O) groups is 4. The van der Waals surface area contributed by atoms with Gasteiger partial charge < -0.3 is 33.4 Å². The summed E-state index contributed by atoms with van der Waals surface area (Å²) < 4.78 is 25.6. The van der Waals surface area contributed by atoms with E-state index in [1.54, 1.807) is 86.6 Å². The number of alkyl carbamates (subject to hydrolysis) is 2. The highest BCUT2D eigenvalue weighted by atomic mass is 16.6. The SMILES string of the molecule is CC(=O)/N=c1\n(CCCCCCCCN/C(=N/C(=O)OC(C)(C)C)NC(=O)OC(C)(C)C)ccn1CCCOc1ccc(C(=N)NC(=O)OC(C)(C)C)cc1. The number of aromatic nitrogens is 2. The lowest BCUT2D eigenvalue weighted by Gasteiger charge is -2.21. The first-order chi connectivity index (χ1) is 25.6. The van der Waals surface area contributed by atoms with Crippen molar-refractivity contribution in [3.8, 4) is 5.75 Å². The Bertz CT molecular complexity index is 1670. The quantitative estimate of drug-likeness (QED) is 0.0651. The van der Waals surface area contributed by atoms with E-state index in [0.717, 1.165) is 45.1 Å². The summed E-state index contributed by atoms with van der Waals surface area (Å²) in [7, 11) is 0. The van der Waals surface area contributed by atoms with Crippen LogP contribution < -0.4 is 26.3 Å². The number of carbonyl (C=O) groups excluding carboxylic acids is 4. The molecule has 16 heteroatoms. The maximum Gasteiger partial charge on any atom is 0.437 e. The first-order valence-corrected chi connectivity index (χ1v) is 18.8. The van der Waals surface area contributed by atoms with E-state index in [9.17, 15) is 19.2 Å². The van der Waals surface area contributed by atoms with Gasteiger partial charge in [0.15, 0.2) is 0 Å². The van der Waals surface area contributed by atoms with Crippen LogP contribution in [-0.4, -0.2) is 75.1 Å². The van der Waals surface area contributed by atoms with E-state index < -0.39 is 35.1 Å². The maximum atomic E-state index is 12.3. The maximum absolute atomic E-state index is 12.3. The molecule has 0 saturated heterocycles. The number of aliphatic imine (C=N–C) groups is 1. The molecule has 0 fully saturated rings. The number of aryl methyl sites for hydroxylation is 2. The first-order valence-electron chi connectivity index (χ1n) is 18.8. The summed E-state index contributed by atoms with van der Waals surface area (Å²) in [6.45, 7) is 19.4. The Kier molecular flexibility index (Phi) is 18.1. The van der Waals surface area contributed by atoms with Gasteiger partial charge in [-0.15, -0.1) is 4.99 Å². The molecule has 4 amide bonds. The summed E-state index contributed by atoms with van der Waals surface area (Å²) in [4.78, 5) is 56.6. The number of unbranched alkanes of at least 4 members (excludes halogenated alkanes) is 5.